The smallest absolute Gasteiger partial charge is 0.407 e. The Bertz CT molecular complexity index is 622. The van der Waals surface area contributed by atoms with Crippen molar-refractivity contribution in [2.45, 2.75) is 52.2 Å². The monoisotopic (exact) mass is 361 g/mol. The zero-order chi connectivity index (χ0) is 19.2. The molecule has 7 heteroatoms. The second-order valence-electron chi connectivity index (χ2n) is 7.61. The Labute approximate surface area is 156 Å². The Morgan fingerprint density at radius 2 is 2.19 bits per heavy atom. The van der Waals surface area contributed by atoms with E-state index in [-0.39, 0.29) is 12.1 Å². The highest BCUT2D eigenvalue weighted by molar-refractivity contribution is 5.80. The lowest BCUT2D eigenvalue weighted by Gasteiger charge is -2.23. The molecule has 0 aromatic carbocycles. The van der Waals surface area contributed by atoms with Gasteiger partial charge in [-0.05, 0) is 52.2 Å². The molecule has 1 aromatic heterocycles. The van der Waals surface area contributed by atoms with Gasteiger partial charge in [-0.15, -0.1) is 0 Å². The fraction of sp³-hybridized carbons (Fsp3) is 0.632. The van der Waals surface area contributed by atoms with Gasteiger partial charge in [0.25, 0.3) is 0 Å². The maximum absolute atomic E-state index is 11.9. The molecule has 1 unspecified atom stereocenters. The Morgan fingerprint density at radius 3 is 2.81 bits per heavy atom. The molecule has 0 bridgehead atoms. The molecule has 26 heavy (non-hydrogen) atoms. The minimum absolute atomic E-state index is 0.0738. The number of guanidine groups is 1. The van der Waals surface area contributed by atoms with Gasteiger partial charge in [0.2, 0.25) is 0 Å². The molecular weight excluding hydrogens is 330 g/mol. The normalized spacial score (nSPS) is 18.0. The van der Waals surface area contributed by atoms with Gasteiger partial charge >= 0.3 is 6.09 Å². The summed E-state index contributed by atoms with van der Waals surface area (Å²) in [5, 5.41) is 6.33. The average Bonchev–Trinajstić information content (AvgIpc) is 2.99. The molecule has 1 aliphatic heterocycles. The molecule has 0 saturated carbocycles. The number of alkyl carbamates (subject to hydrolysis) is 1. The van der Waals surface area contributed by atoms with Crippen molar-refractivity contribution in [3.8, 4) is 0 Å². The van der Waals surface area contributed by atoms with Gasteiger partial charge in [0, 0.05) is 38.6 Å². The topological polar surface area (TPSA) is 78.9 Å². The summed E-state index contributed by atoms with van der Waals surface area (Å²) in [7, 11) is 1.78. The van der Waals surface area contributed by atoms with Gasteiger partial charge in [-0.25, -0.2) is 4.79 Å². The molecule has 144 valence electrons. The molecule has 2 N–H and O–H groups in total. The number of nitrogens with zero attached hydrogens (tertiary/aromatic N) is 3. The van der Waals surface area contributed by atoms with Crippen molar-refractivity contribution < 1.29 is 9.53 Å². The van der Waals surface area contributed by atoms with Gasteiger partial charge in [0.1, 0.15) is 5.60 Å². The van der Waals surface area contributed by atoms with Gasteiger partial charge < -0.3 is 20.3 Å². The zero-order valence-corrected chi connectivity index (χ0v) is 16.5. The van der Waals surface area contributed by atoms with Gasteiger partial charge in [0.15, 0.2) is 5.96 Å². The maximum atomic E-state index is 11.9. The van der Waals surface area contributed by atoms with E-state index in [0.717, 1.165) is 44.1 Å². The quantitative estimate of drug-likeness (QED) is 0.634. The van der Waals surface area contributed by atoms with Crippen molar-refractivity contribution in [1.82, 2.24) is 20.5 Å². The number of pyridine rings is 1. The highest BCUT2D eigenvalue weighted by Gasteiger charge is 2.27. The first-order chi connectivity index (χ1) is 12.3. The number of ether oxygens (including phenoxy) is 1. The van der Waals surface area contributed by atoms with Crippen LogP contribution in [0.25, 0.3) is 0 Å². The Morgan fingerprint density at radius 1 is 1.42 bits per heavy atom. The summed E-state index contributed by atoms with van der Waals surface area (Å²) < 4.78 is 5.32. The fourth-order valence-electron chi connectivity index (χ4n) is 2.84. The Kier molecular flexibility index (Phi) is 6.83. The van der Waals surface area contributed by atoms with E-state index >= 15 is 0 Å². The number of aryl methyl sites for hydroxylation is 1. The molecule has 1 atom stereocenters. The van der Waals surface area contributed by atoms with Crippen LogP contribution in [0.15, 0.2) is 23.3 Å². The van der Waals surface area contributed by atoms with Gasteiger partial charge in [0.05, 0.1) is 6.04 Å². The van der Waals surface area contributed by atoms with Crippen molar-refractivity contribution in [1.29, 1.82) is 0 Å². The average molecular weight is 361 g/mol. The largest absolute Gasteiger partial charge is 0.444 e. The van der Waals surface area contributed by atoms with Crippen LogP contribution in [0.4, 0.5) is 4.79 Å². The van der Waals surface area contributed by atoms with Gasteiger partial charge in [-0.3, -0.25) is 9.98 Å². The number of likely N-dealkylation sites (tertiary alicyclic amines) is 1. The lowest BCUT2D eigenvalue weighted by molar-refractivity contribution is 0.0507. The predicted molar refractivity (Wildman–Crippen MR) is 103 cm³/mol. The van der Waals surface area contributed by atoms with Crippen LogP contribution in [-0.2, 0) is 11.2 Å². The summed E-state index contributed by atoms with van der Waals surface area (Å²) in [4.78, 5) is 22.7. The van der Waals surface area contributed by atoms with Crippen LogP contribution in [0.5, 0.6) is 0 Å². The third kappa shape index (κ3) is 6.54. The third-order valence-corrected chi connectivity index (χ3v) is 4.09. The number of rotatable bonds is 4. The first kappa shape index (κ1) is 20.0. The van der Waals surface area contributed by atoms with Gasteiger partial charge in [-0.1, -0.05) is 6.07 Å². The van der Waals surface area contributed by atoms with Gasteiger partial charge in [-0.2, -0.15) is 0 Å². The molecule has 1 amide bonds. The number of hydrogen-bond acceptors (Lipinski definition) is 4. The van der Waals surface area contributed by atoms with E-state index < -0.39 is 5.60 Å². The molecule has 1 aliphatic rings. The number of carbonyl (C=O) groups is 1. The van der Waals surface area contributed by atoms with Crippen molar-refractivity contribution in [3.63, 3.8) is 0 Å². The number of hydrogen-bond donors (Lipinski definition) is 2. The van der Waals surface area contributed by atoms with E-state index in [1.54, 1.807) is 7.05 Å². The SMILES string of the molecule is CN=C(NCCc1ccc(C)nc1)N1CCC(NC(=O)OC(C)(C)C)C1. The fourth-order valence-corrected chi connectivity index (χ4v) is 2.84. The van der Waals surface area contributed by atoms with E-state index in [2.05, 4.69) is 31.6 Å². The molecule has 0 spiro atoms. The minimum Gasteiger partial charge on any atom is -0.444 e. The predicted octanol–water partition coefficient (Wildman–Crippen LogP) is 2.11. The third-order valence-electron chi connectivity index (χ3n) is 4.09. The molecule has 0 aliphatic carbocycles. The highest BCUT2D eigenvalue weighted by atomic mass is 16.6. The number of carbonyl (C=O) groups excluding carboxylic acids is 1. The van der Waals surface area contributed by atoms with Crippen molar-refractivity contribution in [2.24, 2.45) is 4.99 Å². The molecule has 7 nitrogen and oxygen atoms in total. The second-order valence-corrected chi connectivity index (χ2v) is 7.61. The van der Waals surface area contributed by atoms with E-state index in [0.29, 0.717) is 0 Å². The van der Waals surface area contributed by atoms with Crippen LogP contribution in [0.2, 0.25) is 0 Å². The Hall–Kier alpha value is -2.31. The lowest BCUT2D eigenvalue weighted by Crippen LogP contribution is -2.44. The molecule has 1 saturated heterocycles. The zero-order valence-electron chi connectivity index (χ0n) is 16.5. The van der Waals surface area contributed by atoms with Crippen LogP contribution in [0.1, 0.15) is 38.4 Å². The van der Waals surface area contributed by atoms with Crippen molar-refractivity contribution >= 4 is 12.1 Å². The van der Waals surface area contributed by atoms with Crippen LogP contribution in [0.3, 0.4) is 0 Å². The summed E-state index contributed by atoms with van der Waals surface area (Å²) in [6.45, 7) is 9.95. The number of aromatic nitrogens is 1. The number of amides is 1. The summed E-state index contributed by atoms with van der Waals surface area (Å²) in [5.41, 5.74) is 1.74. The summed E-state index contributed by atoms with van der Waals surface area (Å²) >= 11 is 0. The number of aliphatic imine (C=N–C) groups is 1. The highest BCUT2D eigenvalue weighted by Crippen LogP contribution is 2.12. The second kappa shape index (κ2) is 8.87. The summed E-state index contributed by atoms with van der Waals surface area (Å²) in [5.74, 6) is 0.860. The van der Waals surface area contributed by atoms with Crippen molar-refractivity contribution in [2.75, 3.05) is 26.7 Å². The summed E-state index contributed by atoms with van der Waals surface area (Å²) in [6, 6.07) is 4.20. The molecule has 1 aromatic rings. The minimum atomic E-state index is -0.481. The van der Waals surface area contributed by atoms with E-state index in [9.17, 15) is 4.79 Å². The lowest BCUT2D eigenvalue weighted by atomic mass is 10.2. The summed E-state index contributed by atoms with van der Waals surface area (Å²) in [6.07, 6.45) is 3.32. The van der Waals surface area contributed by atoms with Crippen LogP contribution < -0.4 is 10.6 Å². The molecule has 2 rings (SSSR count). The molecule has 2 heterocycles. The molecular formula is C19H31N5O2. The van der Waals surface area contributed by atoms with E-state index in [4.69, 9.17) is 4.74 Å². The van der Waals surface area contributed by atoms with Crippen molar-refractivity contribution in [3.05, 3.63) is 29.6 Å². The Balaban J connectivity index is 1.76. The standard InChI is InChI=1S/C19H31N5O2/c1-14-6-7-15(12-22-14)8-10-21-17(20-5)24-11-9-16(13-24)23-18(25)26-19(2,3)4/h6-7,12,16H,8-11,13H2,1-5H3,(H,20,21)(H,23,25). The van der Waals surface area contributed by atoms with Crippen LogP contribution >= 0.6 is 0 Å². The van der Waals surface area contributed by atoms with Crippen LogP contribution in [0, 0.1) is 6.92 Å². The first-order valence-electron chi connectivity index (χ1n) is 9.13. The van der Waals surface area contributed by atoms with Crippen LogP contribution in [-0.4, -0.2) is 60.3 Å². The van der Waals surface area contributed by atoms with E-state index in [1.165, 1.54) is 5.56 Å². The molecule has 1 fully saturated rings. The first-order valence-corrected chi connectivity index (χ1v) is 9.13. The number of nitrogens with one attached hydrogen (secondary N) is 2. The van der Waals surface area contributed by atoms with E-state index in [1.807, 2.05) is 40.0 Å². The molecule has 0 radical (unpaired) electrons. The maximum Gasteiger partial charge on any atom is 0.407 e.